The molecule has 0 aliphatic heterocycles. The lowest BCUT2D eigenvalue weighted by atomic mass is 10.0. The smallest absolute Gasteiger partial charge is 0.272 e. The Hall–Kier alpha value is -1.95. The predicted octanol–water partition coefficient (Wildman–Crippen LogP) is 2.35. The average Bonchev–Trinajstić information content (AvgIpc) is 2.42. The summed E-state index contributed by atoms with van der Waals surface area (Å²) < 4.78 is 0. The number of carbonyl (C=O) groups is 1. The number of hydrogen-bond donors (Lipinski definition) is 1. The maximum Gasteiger partial charge on any atom is 0.272 e. The Morgan fingerprint density at radius 3 is 2.52 bits per heavy atom. The second-order valence-corrected chi connectivity index (χ2v) is 5.68. The van der Waals surface area contributed by atoms with E-state index < -0.39 is 4.92 Å². The molecule has 1 unspecified atom stereocenters. The minimum atomic E-state index is -0.449. The van der Waals surface area contributed by atoms with Crippen LogP contribution in [0.5, 0.6) is 0 Å². The molecule has 0 fully saturated rings. The summed E-state index contributed by atoms with van der Waals surface area (Å²) in [7, 11) is 1.71. The number of carbonyl (C=O) groups excluding carboxylic acids is 1. The van der Waals surface area contributed by atoms with E-state index in [1.165, 1.54) is 12.1 Å². The number of amides is 1. The maximum absolute atomic E-state index is 12.3. The summed E-state index contributed by atoms with van der Waals surface area (Å²) in [5, 5.41) is 10.8. The van der Waals surface area contributed by atoms with Gasteiger partial charge in [0.15, 0.2) is 0 Å². The van der Waals surface area contributed by atoms with Crippen LogP contribution in [-0.2, 0) is 0 Å². The van der Waals surface area contributed by atoms with Crippen LogP contribution in [0.1, 0.15) is 36.2 Å². The molecule has 0 aliphatic rings. The molecule has 0 aromatic heterocycles. The molecule has 6 nitrogen and oxygen atoms in total. The first kappa shape index (κ1) is 17.1. The first-order valence-corrected chi connectivity index (χ1v) is 7.00. The third-order valence-electron chi connectivity index (χ3n) is 3.64. The lowest BCUT2D eigenvalue weighted by Gasteiger charge is -2.21. The number of nitro groups is 1. The van der Waals surface area contributed by atoms with E-state index >= 15 is 0 Å². The predicted molar refractivity (Wildman–Crippen MR) is 82.2 cm³/mol. The van der Waals surface area contributed by atoms with Gasteiger partial charge in [0.2, 0.25) is 0 Å². The highest BCUT2D eigenvalue weighted by molar-refractivity contribution is 5.94. The summed E-state index contributed by atoms with van der Waals surface area (Å²) in [6, 6.07) is 4.47. The molecule has 0 heterocycles. The minimum absolute atomic E-state index is 0.0241. The van der Waals surface area contributed by atoms with Crippen molar-refractivity contribution in [3.05, 3.63) is 39.4 Å². The van der Waals surface area contributed by atoms with Crippen LogP contribution in [0.2, 0.25) is 0 Å². The van der Waals surface area contributed by atoms with E-state index in [-0.39, 0.29) is 17.6 Å². The van der Waals surface area contributed by atoms with Gasteiger partial charge in [-0.05, 0) is 31.4 Å². The summed E-state index contributed by atoms with van der Waals surface area (Å²) in [6.45, 7) is 6.29. The summed E-state index contributed by atoms with van der Waals surface area (Å²) >= 11 is 0. The fraction of sp³-hybridized carbons (Fsp3) is 0.533. The Bertz CT molecular complexity index is 529. The molecule has 21 heavy (non-hydrogen) atoms. The van der Waals surface area contributed by atoms with Crippen molar-refractivity contribution in [1.29, 1.82) is 0 Å². The molecule has 1 aromatic carbocycles. The molecule has 1 aromatic rings. The third-order valence-corrected chi connectivity index (χ3v) is 3.64. The van der Waals surface area contributed by atoms with Gasteiger partial charge in [0.1, 0.15) is 0 Å². The molecule has 2 N–H and O–H groups in total. The first-order chi connectivity index (χ1) is 9.73. The van der Waals surface area contributed by atoms with Gasteiger partial charge in [-0.3, -0.25) is 14.9 Å². The second-order valence-electron chi connectivity index (χ2n) is 5.68. The molecule has 0 aliphatic carbocycles. The zero-order valence-electron chi connectivity index (χ0n) is 13.0. The van der Waals surface area contributed by atoms with Gasteiger partial charge >= 0.3 is 0 Å². The molecule has 6 heteroatoms. The maximum atomic E-state index is 12.3. The highest BCUT2D eigenvalue weighted by Gasteiger charge is 2.17. The van der Waals surface area contributed by atoms with Gasteiger partial charge in [0.25, 0.3) is 11.6 Å². The summed E-state index contributed by atoms with van der Waals surface area (Å²) in [5.41, 5.74) is 6.93. The van der Waals surface area contributed by atoms with Crippen molar-refractivity contribution < 1.29 is 9.72 Å². The number of nitro benzene ring substituents is 1. The lowest BCUT2D eigenvalue weighted by Crippen LogP contribution is -2.34. The van der Waals surface area contributed by atoms with Crippen molar-refractivity contribution in [2.24, 2.45) is 11.7 Å². The van der Waals surface area contributed by atoms with Crippen LogP contribution in [0.15, 0.2) is 18.2 Å². The van der Waals surface area contributed by atoms with Crippen LogP contribution >= 0.6 is 0 Å². The minimum Gasteiger partial charge on any atom is -0.342 e. The quantitative estimate of drug-likeness (QED) is 0.644. The van der Waals surface area contributed by atoms with Crippen LogP contribution in [0.3, 0.4) is 0 Å². The van der Waals surface area contributed by atoms with E-state index in [2.05, 4.69) is 0 Å². The van der Waals surface area contributed by atoms with E-state index in [4.69, 9.17) is 5.73 Å². The molecule has 1 rings (SSSR count). The number of benzene rings is 1. The molecule has 0 saturated carbocycles. The molecule has 0 radical (unpaired) electrons. The van der Waals surface area contributed by atoms with Gasteiger partial charge in [-0.2, -0.15) is 0 Å². The summed E-state index contributed by atoms with van der Waals surface area (Å²) in [6.07, 6.45) is 0.728. The first-order valence-electron chi connectivity index (χ1n) is 7.00. The Morgan fingerprint density at radius 1 is 1.43 bits per heavy atom. The molecule has 0 saturated heterocycles. The Balaban J connectivity index is 2.75. The summed E-state index contributed by atoms with van der Waals surface area (Å²) in [5.74, 6) is 0.221. The van der Waals surface area contributed by atoms with Crippen LogP contribution in [-0.4, -0.2) is 35.4 Å². The Kier molecular flexibility index (Phi) is 5.84. The molecule has 116 valence electrons. The topological polar surface area (TPSA) is 89.5 Å². The van der Waals surface area contributed by atoms with E-state index in [1.54, 1.807) is 24.9 Å². The summed E-state index contributed by atoms with van der Waals surface area (Å²) in [4.78, 5) is 24.2. The number of nitrogens with two attached hydrogens (primary N) is 1. The number of aryl methyl sites for hydroxylation is 1. The van der Waals surface area contributed by atoms with Gasteiger partial charge in [-0.25, -0.2) is 0 Å². The van der Waals surface area contributed by atoms with Gasteiger partial charge in [-0.1, -0.05) is 13.8 Å². The SMILES string of the molecule is Cc1cc(C(=O)N(C)CCC(N)C(C)C)ccc1[N+](=O)[O-]. The van der Waals surface area contributed by atoms with Crippen molar-refractivity contribution in [1.82, 2.24) is 4.90 Å². The lowest BCUT2D eigenvalue weighted by molar-refractivity contribution is -0.385. The molecule has 1 atom stereocenters. The molecule has 0 spiro atoms. The van der Waals surface area contributed by atoms with Crippen LogP contribution in [0, 0.1) is 23.0 Å². The number of rotatable bonds is 6. The van der Waals surface area contributed by atoms with Crippen LogP contribution < -0.4 is 5.73 Å². The third kappa shape index (κ3) is 4.53. The highest BCUT2D eigenvalue weighted by Crippen LogP contribution is 2.19. The molecular weight excluding hydrogens is 270 g/mol. The molecular formula is C15H23N3O3. The normalized spacial score (nSPS) is 12.3. The van der Waals surface area contributed by atoms with Crippen LogP contribution in [0.25, 0.3) is 0 Å². The molecule has 0 bridgehead atoms. The number of hydrogen-bond acceptors (Lipinski definition) is 4. The van der Waals surface area contributed by atoms with E-state index in [9.17, 15) is 14.9 Å². The number of nitrogens with zero attached hydrogens (tertiary/aromatic N) is 2. The van der Waals surface area contributed by atoms with Gasteiger partial charge < -0.3 is 10.6 Å². The fourth-order valence-corrected chi connectivity index (χ4v) is 1.99. The Morgan fingerprint density at radius 2 is 2.05 bits per heavy atom. The van der Waals surface area contributed by atoms with Gasteiger partial charge in [0.05, 0.1) is 4.92 Å². The largest absolute Gasteiger partial charge is 0.342 e. The van der Waals surface area contributed by atoms with Crippen molar-refractivity contribution in [3.63, 3.8) is 0 Å². The second kappa shape index (κ2) is 7.17. The highest BCUT2D eigenvalue weighted by atomic mass is 16.6. The zero-order chi connectivity index (χ0) is 16.2. The Labute approximate surface area is 125 Å². The van der Waals surface area contributed by atoms with Crippen molar-refractivity contribution in [2.45, 2.75) is 33.2 Å². The van der Waals surface area contributed by atoms with Crippen molar-refractivity contribution in [3.8, 4) is 0 Å². The van der Waals surface area contributed by atoms with Crippen molar-refractivity contribution >= 4 is 11.6 Å². The van der Waals surface area contributed by atoms with Gasteiger partial charge in [-0.15, -0.1) is 0 Å². The van der Waals surface area contributed by atoms with Crippen LogP contribution in [0.4, 0.5) is 5.69 Å². The zero-order valence-corrected chi connectivity index (χ0v) is 13.0. The van der Waals surface area contributed by atoms with Gasteiger partial charge in [0, 0.05) is 36.8 Å². The van der Waals surface area contributed by atoms with Crippen molar-refractivity contribution in [2.75, 3.05) is 13.6 Å². The average molecular weight is 293 g/mol. The standard InChI is InChI=1S/C15H23N3O3/c1-10(2)13(16)7-8-17(4)15(19)12-5-6-14(18(20)21)11(3)9-12/h5-6,9-10,13H,7-8,16H2,1-4H3. The van der Waals surface area contributed by atoms with E-state index in [0.717, 1.165) is 6.42 Å². The monoisotopic (exact) mass is 293 g/mol. The fourth-order valence-electron chi connectivity index (χ4n) is 1.99. The van der Waals surface area contributed by atoms with E-state index in [0.29, 0.717) is 23.6 Å². The molecule has 1 amide bonds. The van der Waals surface area contributed by atoms with E-state index in [1.807, 2.05) is 13.8 Å².